The van der Waals surface area contributed by atoms with Crippen LogP contribution in [0.15, 0.2) is 24.4 Å². The smallest absolute Gasteiger partial charge is 0.186 e. The summed E-state index contributed by atoms with van der Waals surface area (Å²) in [5.74, 6) is 0. The summed E-state index contributed by atoms with van der Waals surface area (Å²) in [5, 5.41) is 19.3. The molecule has 1 fully saturated rings. The van der Waals surface area contributed by atoms with Crippen LogP contribution < -0.4 is 4.90 Å². The molecule has 1 aromatic carbocycles. The van der Waals surface area contributed by atoms with E-state index in [-0.39, 0.29) is 0 Å². The molecule has 7 heteroatoms. The summed E-state index contributed by atoms with van der Waals surface area (Å²) in [5.41, 5.74) is 2.12. The first-order chi connectivity index (χ1) is 10.1. The van der Waals surface area contributed by atoms with Crippen molar-refractivity contribution in [2.45, 2.75) is 12.5 Å². The van der Waals surface area contributed by atoms with E-state index in [1.165, 1.54) is 10.3 Å². The van der Waals surface area contributed by atoms with Crippen LogP contribution in [0.25, 0.3) is 10.2 Å². The number of aryl methyl sites for hydroxylation is 2. The Bertz CT molecular complexity index is 818. The molecule has 3 heterocycles. The molecule has 1 saturated heterocycles. The van der Waals surface area contributed by atoms with Gasteiger partial charge in [0.25, 0.3) is 0 Å². The molecule has 0 atom stereocenters. The van der Waals surface area contributed by atoms with Crippen molar-refractivity contribution in [3.63, 3.8) is 0 Å². The fourth-order valence-corrected chi connectivity index (χ4v) is 3.84. The topological polar surface area (TPSA) is 67.1 Å². The highest BCUT2D eigenvalue weighted by molar-refractivity contribution is 7.22. The predicted octanol–water partition coefficient (Wildman–Crippen LogP) is 1.44. The second-order valence-corrected chi connectivity index (χ2v) is 6.53. The van der Waals surface area contributed by atoms with Gasteiger partial charge in [-0.15, -0.1) is 5.10 Å². The lowest BCUT2D eigenvalue weighted by atomic mass is 9.91. The van der Waals surface area contributed by atoms with Crippen molar-refractivity contribution in [3.05, 3.63) is 35.7 Å². The van der Waals surface area contributed by atoms with Crippen molar-refractivity contribution in [2.24, 2.45) is 7.05 Å². The molecule has 0 saturated carbocycles. The monoisotopic (exact) mass is 301 g/mol. The van der Waals surface area contributed by atoms with Crippen molar-refractivity contribution in [1.82, 2.24) is 20.0 Å². The average molecular weight is 301 g/mol. The highest BCUT2D eigenvalue weighted by Crippen LogP contribution is 2.39. The highest BCUT2D eigenvalue weighted by atomic mass is 32.1. The molecule has 0 amide bonds. The molecule has 0 bridgehead atoms. The van der Waals surface area contributed by atoms with E-state index in [9.17, 15) is 5.11 Å². The molecular formula is C14H15N5OS. The van der Waals surface area contributed by atoms with Crippen molar-refractivity contribution in [2.75, 3.05) is 18.0 Å². The van der Waals surface area contributed by atoms with Gasteiger partial charge < -0.3 is 10.0 Å². The fourth-order valence-electron chi connectivity index (χ4n) is 2.80. The fraction of sp³-hybridized carbons (Fsp3) is 0.357. The molecule has 21 heavy (non-hydrogen) atoms. The lowest BCUT2D eigenvalue weighted by molar-refractivity contribution is -0.0000273. The summed E-state index contributed by atoms with van der Waals surface area (Å²) in [6, 6.07) is 6.15. The molecule has 0 unspecified atom stereocenters. The van der Waals surface area contributed by atoms with Crippen LogP contribution in [0, 0.1) is 6.92 Å². The van der Waals surface area contributed by atoms with E-state index in [1.807, 2.05) is 12.1 Å². The standard InChI is InChI=1S/C14H15N5OS/c1-9-4-3-5-10-12(9)21-13(16-10)19-7-14(20,8-19)11-6-15-17-18(11)2/h3-6,20H,7-8H2,1-2H3. The summed E-state index contributed by atoms with van der Waals surface area (Å²) < 4.78 is 2.84. The molecule has 6 nitrogen and oxygen atoms in total. The number of aliphatic hydroxyl groups is 1. The Kier molecular flexibility index (Phi) is 2.58. The molecule has 3 aromatic rings. The maximum absolute atomic E-state index is 10.6. The third-order valence-electron chi connectivity index (χ3n) is 3.97. The van der Waals surface area contributed by atoms with Crippen LogP contribution in [0.1, 0.15) is 11.3 Å². The quantitative estimate of drug-likeness (QED) is 0.776. The summed E-state index contributed by atoms with van der Waals surface area (Å²) in [6.07, 6.45) is 1.62. The van der Waals surface area contributed by atoms with Crippen LogP contribution in [-0.2, 0) is 12.6 Å². The molecular weight excluding hydrogens is 286 g/mol. The van der Waals surface area contributed by atoms with E-state index >= 15 is 0 Å². The van der Waals surface area contributed by atoms with Crippen LogP contribution in [0.4, 0.5) is 5.13 Å². The van der Waals surface area contributed by atoms with Gasteiger partial charge in [0.15, 0.2) is 5.13 Å². The van der Waals surface area contributed by atoms with E-state index in [4.69, 9.17) is 0 Å². The number of hydrogen-bond acceptors (Lipinski definition) is 6. The van der Waals surface area contributed by atoms with E-state index in [0.717, 1.165) is 16.3 Å². The average Bonchev–Trinajstić information content (AvgIpc) is 3.02. The lowest BCUT2D eigenvalue weighted by Gasteiger charge is -2.45. The number of fused-ring (bicyclic) bond motifs is 1. The van der Waals surface area contributed by atoms with Gasteiger partial charge in [-0.3, -0.25) is 0 Å². The van der Waals surface area contributed by atoms with Crippen LogP contribution in [0.2, 0.25) is 0 Å². The Hall–Kier alpha value is -1.99. The van der Waals surface area contributed by atoms with E-state index in [1.54, 1.807) is 29.3 Å². The second kappa shape index (κ2) is 4.25. The second-order valence-electron chi connectivity index (χ2n) is 5.55. The van der Waals surface area contributed by atoms with Crippen LogP contribution in [0.5, 0.6) is 0 Å². The zero-order chi connectivity index (χ0) is 14.6. The molecule has 0 spiro atoms. The number of benzene rings is 1. The minimum atomic E-state index is -0.884. The van der Waals surface area contributed by atoms with Gasteiger partial charge in [-0.05, 0) is 18.6 Å². The largest absolute Gasteiger partial charge is 0.380 e. The van der Waals surface area contributed by atoms with Gasteiger partial charge in [0.1, 0.15) is 5.60 Å². The number of anilines is 1. The molecule has 1 N–H and O–H groups in total. The molecule has 0 aliphatic carbocycles. The maximum atomic E-state index is 10.6. The summed E-state index contributed by atoms with van der Waals surface area (Å²) >= 11 is 1.68. The van der Waals surface area contributed by atoms with Gasteiger partial charge in [0, 0.05) is 7.05 Å². The van der Waals surface area contributed by atoms with Crippen LogP contribution >= 0.6 is 11.3 Å². The van der Waals surface area contributed by atoms with Gasteiger partial charge >= 0.3 is 0 Å². The van der Waals surface area contributed by atoms with Crippen molar-refractivity contribution in [3.8, 4) is 0 Å². The summed E-state index contributed by atoms with van der Waals surface area (Å²) in [7, 11) is 1.80. The van der Waals surface area contributed by atoms with E-state index in [0.29, 0.717) is 13.1 Å². The molecule has 1 aliphatic heterocycles. The molecule has 1 aliphatic rings. The van der Waals surface area contributed by atoms with Gasteiger partial charge in [-0.2, -0.15) is 0 Å². The SMILES string of the molecule is Cc1cccc2nc(N3CC(O)(c4cnnn4C)C3)sc12. The zero-order valence-electron chi connectivity index (χ0n) is 11.8. The number of nitrogens with zero attached hydrogens (tertiary/aromatic N) is 5. The first-order valence-electron chi connectivity index (χ1n) is 6.75. The summed E-state index contributed by atoms with van der Waals surface area (Å²) in [6.45, 7) is 3.14. The molecule has 108 valence electrons. The van der Waals surface area contributed by atoms with E-state index in [2.05, 4.69) is 33.2 Å². The van der Waals surface area contributed by atoms with Crippen molar-refractivity contribution >= 4 is 26.7 Å². The van der Waals surface area contributed by atoms with Crippen molar-refractivity contribution < 1.29 is 5.11 Å². The normalized spacial score (nSPS) is 17.2. The van der Waals surface area contributed by atoms with Crippen LogP contribution in [0.3, 0.4) is 0 Å². The minimum absolute atomic E-state index is 0.521. The van der Waals surface area contributed by atoms with Crippen LogP contribution in [-0.4, -0.2) is 38.2 Å². The number of rotatable bonds is 2. The lowest BCUT2D eigenvalue weighted by Crippen LogP contribution is -2.60. The predicted molar refractivity (Wildman–Crippen MR) is 81.5 cm³/mol. The minimum Gasteiger partial charge on any atom is -0.380 e. The number of aromatic nitrogens is 4. The Morgan fingerprint density at radius 1 is 1.33 bits per heavy atom. The van der Waals surface area contributed by atoms with Gasteiger partial charge in [-0.25, -0.2) is 9.67 Å². The number of thiazole rings is 1. The first kappa shape index (κ1) is 12.7. The third kappa shape index (κ3) is 1.85. The summed E-state index contributed by atoms with van der Waals surface area (Å²) in [4.78, 5) is 6.75. The highest BCUT2D eigenvalue weighted by Gasteiger charge is 2.46. The maximum Gasteiger partial charge on any atom is 0.186 e. The Morgan fingerprint density at radius 3 is 2.81 bits per heavy atom. The van der Waals surface area contributed by atoms with Crippen molar-refractivity contribution in [1.29, 1.82) is 0 Å². The van der Waals surface area contributed by atoms with E-state index < -0.39 is 5.60 Å². The zero-order valence-corrected chi connectivity index (χ0v) is 12.6. The Balaban J connectivity index is 1.62. The Labute approximate surface area is 125 Å². The Morgan fingerprint density at radius 2 is 2.14 bits per heavy atom. The third-order valence-corrected chi connectivity index (χ3v) is 5.23. The molecule has 0 radical (unpaired) electrons. The molecule has 4 rings (SSSR count). The van der Waals surface area contributed by atoms with Gasteiger partial charge in [0.05, 0.1) is 35.2 Å². The first-order valence-corrected chi connectivity index (χ1v) is 7.57. The number of hydrogen-bond donors (Lipinski definition) is 1. The van der Waals surface area contributed by atoms with Gasteiger partial charge in [-0.1, -0.05) is 28.7 Å². The number of β-amino-alcohol motifs (C(OH)–C–C–N with tert-alkyl or cyclic N) is 1. The molecule has 2 aromatic heterocycles. The van der Waals surface area contributed by atoms with Gasteiger partial charge in [0.2, 0.25) is 0 Å².